The van der Waals surface area contributed by atoms with Crippen molar-refractivity contribution >= 4 is 11.9 Å². The SMILES string of the molecule is CCCCCCCCCCCCCCCCC(OC(=O)CCCCCCCCCCCCCC)C(=O)O. The molecule has 0 aliphatic carbocycles. The van der Waals surface area contributed by atoms with Crippen molar-refractivity contribution in [2.24, 2.45) is 0 Å². The number of carbonyl (C=O) groups excluding carboxylic acids is 1. The Morgan fingerprint density at radius 3 is 1.11 bits per heavy atom. The molecule has 0 aromatic heterocycles. The number of unbranched alkanes of at least 4 members (excludes halogenated alkanes) is 24. The number of ether oxygens (including phenoxy) is 1. The van der Waals surface area contributed by atoms with Crippen LogP contribution in [0.25, 0.3) is 0 Å². The van der Waals surface area contributed by atoms with E-state index in [1.807, 2.05) is 0 Å². The van der Waals surface area contributed by atoms with Gasteiger partial charge in [0.05, 0.1) is 0 Å². The van der Waals surface area contributed by atoms with Crippen molar-refractivity contribution in [1.82, 2.24) is 0 Å². The number of rotatable bonds is 30. The Balaban J connectivity index is 3.55. The normalized spacial score (nSPS) is 12.1. The zero-order valence-corrected chi connectivity index (χ0v) is 25.0. The maximum atomic E-state index is 12.1. The van der Waals surface area contributed by atoms with Gasteiger partial charge in [0, 0.05) is 6.42 Å². The summed E-state index contributed by atoms with van der Waals surface area (Å²) in [6.45, 7) is 4.52. The first-order valence-corrected chi connectivity index (χ1v) is 16.5. The average molecular weight is 525 g/mol. The Kier molecular flexibility index (Phi) is 28.7. The van der Waals surface area contributed by atoms with Gasteiger partial charge in [-0.05, 0) is 19.3 Å². The smallest absolute Gasteiger partial charge is 0.345 e. The number of carboxylic acid groups (broad SMARTS) is 1. The molecule has 0 spiro atoms. The molecule has 0 heterocycles. The maximum absolute atomic E-state index is 12.1. The fourth-order valence-electron chi connectivity index (χ4n) is 5.09. The second-order valence-electron chi connectivity index (χ2n) is 11.3. The summed E-state index contributed by atoms with van der Waals surface area (Å²) in [4.78, 5) is 23.6. The van der Waals surface area contributed by atoms with Gasteiger partial charge in [-0.15, -0.1) is 0 Å². The van der Waals surface area contributed by atoms with Crippen LogP contribution in [0.3, 0.4) is 0 Å². The van der Waals surface area contributed by atoms with Crippen molar-refractivity contribution in [2.75, 3.05) is 0 Å². The molecule has 37 heavy (non-hydrogen) atoms. The molecular formula is C33H64O4. The van der Waals surface area contributed by atoms with Gasteiger partial charge < -0.3 is 9.84 Å². The van der Waals surface area contributed by atoms with Crippen LogP contribution in [0.5, 0.6) is 0 Å². The van der Waals surface area contributed by atoms with Crippen molar-refractivity contribution in [3.05, 3.63) is 0 Å². The van der Waals surface area contributed by atoms with Crippen molar-refractivity contribution in [2.45, 2.75) is 200 Å². The lowest BCUT2D eigenvalue weighted by atomic mass is 10.0. The molecule has 1 unspecified atom stereocenters. The molecule has 0 aromatic carbocycles. The minimum absolute atomic E-state index is 0.343. The zero-order chi connectivity index (χ0) is 27.2. The van der Waals surface area contributed by atoms with Gasteiger partial charge in [0.2, 0.25) is 0 Å². The van der Waals surface area contributed by atoms with Gasteiger partial charge in [-0.2, -0.15) is 0 Å². The van der Waals surface area contributed by atoms with Crippen molar-refractivity contribution in [3.8, 4) is 0 Å². The van der Waals surface area contributed by atoms with Crippen LogP contribution < -0.4 is 0 Å². The Bertz CT molecular complexity index is 491. The summed E-state index contributed by atoms with van der Waals surface area (Å²) in [6.07, 6.45) is 32.7. The van der Waals surface area contributed by atoms with Crippen LogP contribution >= 0.6 is 0 Å². The molecule has 0 aliphatic rings. The molecule has 0 saturated heterocycles. The largest absolute Gasteiger partial charge is 0.479 e. The summed E-state index contributed by atoms with van der Waals surface area (Å²) >= 11 is 0. The Morgan fingerprint density at radius 2 is 0.784 bits per heavy atom. The third kappa shape index (κ3) is 27.8. The molecule has 0 rings (SSSR count). The molecule has 0 saturated carbocycles. The van der Waals surface area contributed by atoms with Gasteiger partial charge in [-0.3, -0.25) is 4.79 Å². The van der Waals surface area contributed by atoms with Crippen LogP contribution in [0.15, 0.2) is 0 Å². The Morgan fingerprint density at radius 1 is 0.486 bits per heavy atom. The van der Waals surface area contributed by atoms with Crippen LogP contribution in [0.2, 0.25) is 0 Å². The average Bonchev–Trinajstić information content (AvgIpc) is 2.88. The first-order chi connectivity index (χ1) is 18.1. The fourth-order valence-corrected chi connectivity index (χ4v) is 5.09. The second kappa shape index (κ2) is 29.5. The Labute approximate surface area is 231 Å². The van der Waals surface area contributed by atoms with E-state index in [2.05, 4.69) is 13.8 Å². The standard InChI is InChI=1S/C33H64O4/c1-3-5-7-9-11-13-15-17-18-19-21-23-25-27-29-31(33(35)36)37-32(34)30-28-26-24-22-20-16-14-12-10-8-6-4-2/h31H,3-30H2,1-2H3,(H,35,36). The highest BCUT2D eigenvalue weighted by Gasteiger charge is 2.21. The summed E-state index contributed by atoms with van der Waals surface area (Å²) in [5, 5.41) is 9.42. The quantitative estimate of drug-likeness (QED) is 0.0749. The van der Waals surface area contributed by atoms with Crippen LogP contribution in [0.4, 0.5) is 0 Å². The van der Waals surface area contributed by atoms with Gasteiger partial charge in [-0.25, -0.2) is 4.79 Å². The summed E-state index contributed by atoms with van der Waals surface area (Å²) in [5.74, 6) is -1.34. The van der Waals surface area contributed by atoms with Crippen LogP contribution in [0, 0.1) is 0 Å². The third-order valence-electron chi connectivity index (χ3n) is 7.60. The molecule has 0 radical (unpaired) electrons. The van der Waals surface area contributed by atoms with E-state index < -0.39 is 12.1 Å². The van der Waals surface area contributed by atoms with Gasteiger partial charge in [0.1, 0.15) is 0 Å². The maximum Gasteiger partial charge on any atom is 0.345 e. The number of carbonyl (C=O) groups is 2. The van der Waals surface area contributed by atoms with Gasteiger partial charge >= 0.3 is 11.9 Å². The number of carboxylic acids is 1. The van der Waals surface area contributed by atoms with E-state index >= 15 is 0 Å². The second-order valence-corrected chi connectivity index (χ2v) is 11.3. The van der Waals surface area contributed by atoms with Crippen molar-refractivity contribution in [1.29, 1.82) is 0 Å². The molecule has 0 bridgehead atoms. The van der Waals surface area contributed by atoms with E-state index in [0.717, 1.165) is 38.5 Å². The fraction of sp³-hybridized carbons (Fsp3) is 0.939. The molecule has 4 heteroatoms. The van der Waals surface area contributed by atoms with E-state index in [9.17, 15) is 14.7 Å². The molecule has 4 nitrogen and oxygen atoms in total. The molecule has 0 amide bonds. The first-order valence-electron chi connectivity index (χ1n) is 16.5. The Hall–Kier alpha value is -1.06. The van der Waals surface area contributed by atoms with Gasteiger partial charge in [-0.1, -0.05) is 168 Å². The lowest BCUT2D eigenvalue weighted by Crippen LogP contribution is -2.27. The molecule has 1 N–H and O–H groups in total. The molecular weight excluding hydrogens is 460 g/mol. The van der Waals surface area contributed by atoms with Crippen LogP contribution in [0.1, 0.15) is 194 Å². The number of aliphatic carboxylic acids is 1. The van der Waals surface area contributed by atoms with E-state index in [4.69, 9.17) is 4.74 Å². The third-order valence-corrected chi connectivity index (χ3v) is 7.60. The minimum atomic E-state index is -1.00. The highest BCUT2D eigenvalue weighted by molar-refractivity contribution is 5.77. The number of esters is 1. The first kappa shape index (κ1) is 35.9. The van der Waals surface area contributed by atoms with Crippen LogP contribution in [-0.2, 0) is 14.3 Å². The summed E-state index contributed by atoms with van der Waals surface area (Å²) < 4.78 is 5.29. The molecule has 1 atom stereocenters. The summed E-state index contributed by atoms with van der Waals surface area (Å²) in [6, 6.07) is 0. The highest BCUT2D eigenvalue weighted by Crippen LogP contribution is 2.16. The van der Waals surface area contributed by atoms with Crippen molar-refractivity contribution < 1.29 is 19.4 Å². The summed E-state index contributed by atoms with van der Waals surface area (Å²) in [7, 11) is 0. The molecule has 0 aliphatic heterocycles. The monoisotopic (exact) mass is 524 g/mol. The minimum Gasteiger partial charge on any atom is -0.479 e. The zero-order valence-electron chi connectivity index (χ0n) is 25.0. The van der Waals surface area contributed by atoms with E-state index in [1.165, 1.54) is 128 Å². The molecule has 0 aromatic rings. The van der Waals surface area contributed by atoms with E-state index in [-0.39, 0.29) is 5.97 Å². The van der Waals surface area contributed by atoms with E-state index in [0.29, 0.717) is 12.8 Å². The highest BCUT2D eigenvalue weighted by atomic mass is 16.6. The molecule has 220 valence electrons. The predicted molar refractivity (Wildman–Crippen MR) is 158 cm³/mol. The number of hydrogen-bond donors (Lipinski definition) is 1. The van der Waals surface area contributed by atoms with Crippen molar-refractivity contribution in [3.63, 3.8) is 0 Å². The lowest BCUT2D eigenvalue weighted by Gasteiger charge is -2.13. The number of hydrogen-bond acceptors (Lipinski definition) is 3. The van der Waals surface area contributed by atoms with Crippen LogP contribution in [-0.4, -0.2) is 23.1 Å². The van der Waals surface area contributed by atoms with Gasteiger partial charge in [0.15, 0.2) is 6.10 Å². The van der Waals surface area contributed by atoms with E-state index in [1.54, 1.807) is 0 Å². The van der Waals surface area contributed by atoms with Gasteiger partial charge in [0.25, 0.3) is 0 Å². The summed E-state index contributed by atoms with van der Waals surface area (Å²) in [5.41, 5.74) is 0. The predicted octanol–water partition coefficient (Wildman–Crippen LogP) is 10.9. The topological polar surface area (TPSA) is 63.6 Å². The molecule has 0 fully saturated rings. The lowest BCUT2D eigenvalue weighted by molar-refractivity contribution is -0.164.